The average Bonchev–Trinajstić information content (AvgIpc) is 2.45. The summed E-state index contributed by atoms with van der Waals surface area (Å²) in [5.41, 5.74) is 1.37. The molecule has 0 aliphatic heterocycles. The van der Waals surface area contributed by atoms with Gasteiger partial charge in [0.25, 0.3) is 0 Å². The molecule has 0 spiro atoms. The van der Waals surface area contributed by atoms with Crippen LogP contribution in [0.25, 0.3) is 0 Å². The van der Waals surface area contributed by atoms with Crippen LogP contribution in [0.3, 0.4) is 0 Å². The van der Waals surface area contributed by atoms with Gasteiger partial charge >= 0.3 is 0 Å². The van der Waals surface area contributed by atoms with E-state index in [-0.39, 0.29) is 5.91 Å². The van der Waals surface area contributed by atoms with Gasteiger partial charge in [0.15, 0.2) is 0 Å². The molecule has 0 saturated heterocycles. The third-order valence-corrected chi connectivity index (χ3v) is 3.63. The van der Waals surface area contributed by atoms with Gasteiger partial charge in [0, 0.05) is 26.1 Å². The Balaban J connectivity index is 2.30. The smallest absolute Gasteiger partial charge is 0.221 e. The molecule has 2 N–H and O–H groups in total. The topological polar surface area (TPSA) is 41.1 Å². The largest absolute Gasteiger partial charge is 0.356 e. The molecular formula is C18H30N2O. The van der Waals surface area contributed by atoms with Gasteiger partial charge in [-0.1, -0.05) is 58.0 Å². The van der Waals surface area contributed by atoms with Crippen molar-refractivity contribution in [3.63, 3.8) is 0 Å². The zero-order valence-corrected chi connectivity index (χ0v) is 13.9. The van der Waals surface area contributed by atoms with Gasteiger partial charge in [0.2, 0.25) is 5.91 Å². The fourth-order valence-electron chi connectivity index (χ4n) is 2.30. The maximum absolute atomic E-state index is 11.6. The minimum atomic E-state index is 0.136. The number of carbonyl (C=O) groups excluding carboxylic acids is 1. The van der Waals surface area contributed by atoms with Crippen molar-refractivity contribution in [2.24, 2.45) is 11.8 Å². The van der Waals surface area contributed by atoms with E-state index in [4.69, 9.17) is 0 Å². The first kappa shape index (κ1) is 17.7. The van der Waals surface area contributed by atoms with Crippen LogP contribution in [0, 0.1) is 11.8 Å². The molecule has 1 aromatic rings. The summed E-state index contributed by atoms with van der Waals surface area (Å²) >= 11 is 0. The number of amides is 1. The highest BCUT2D eigenvalue weighted by Crippen LogP contribution is 2.23. The van der Waals surface area contributed by atoms with Gasteiger partial charge in [-0.2, -0.15) is 0 Å². The van der Waals surface area contributed by atoms with Gasteiger partial charge in [0.1, 0.15) is 0 Å². The van der Waals surface area contributed by atoms with Gasteiger partial charge in [-0.25, -0.2) is 0 Å². The zero-order valence-electron chi connectivity index (χ0n) is 13.9. The van der Waals surface area contributed by atoms with Crippen molar-refractivity contribution in [2.45, 2.75) is 40.0 Å². The molecule has 0 saturated carbocycles. The monoisotopic (exact) mass is 290 g/mol. The standard InChI is InChI=1S/C18H30N2O/c1-14(2)12-20-18(21)10-11-19-13-17(15(3)4)16-8-6-5-7-9-16/h5-9,14-15,17,19H,10-13H2,1-4H3,(H,20,21). The second kappa shape index (κ2) is 9.56. The number of nitrogens with one attached hydrogen (secondary N) is 2. The molecule has 0 heterocycles. The maximum atomic E-state index is 11.6. The normalized spacial score (nSPS) is 12.7. The highest BCUT2D eigenvalue weighted by Gasteiger charge is 2.15. The first-order valence-electron chi connectivity index (χ1n) is 8.03. The Morgan fingerprint density at radius 1 is 1.05 bits per heavy atom. The number of rotatable bonds is 9. The van der Waals surface area contributed by atoms with Crippen molar-refractivity contribution in [3.05, 3.63) is 35.9 Å². The van der Waals surface area contributed by atoms with Crippen LogP contribution in [-0.4, -0.2) is 25.5 Å². The first-order valence-corrected chi connectivity index (χ1v) is 8.03. The zero-order chi connectivity index (χ0) is 15.7. The summed E-state index contributed by atoms with van der Waals surface area (Å²) in [7, 11) is 0. The molecular weight excluding hydrogens is 260 g/mol. The second-order valence-corrected chi connectivity index (χ2v) is 6.41. The van der Waals surface area contributed by atoms with E-state index in [1.807, 2.05) is 6.07 Å². The third kappa shape index (κ3) is 7.28. The van der Waals surface area contributed by atoms with Crippen LogP contribution in [0.5, 0.6) is 0 Å². The first-order chi connectivity index (χ1) is 10.0. The lowest BCUT2D eigenvalue weighted by Crippen LogP contribution is -2.32. The molecule has 0 radical (unpaired) electrons. The van der Waals surface area contributed by atoms with E-state index < -0.39 is 0 Å². The van der Waals surface area contributed by atoms with E-state index in [2.05, 4.69) is 62.6 Å². The quantitative estimate of drug-likeness (QED) is 0.686. The van der Waals surface area contributed by atoms with E-state index in [0.717, 1.165) is 19.6 Å². The molecule has 1 atom stereocenters. The van der Waals surface area contributed by atoms with Gasteiger partial charge in [0.05, 0.1) is 0 Å². The van der Waals surface area contributed by atoms with Crippen molar-refractivity contribution in [1.29, 1.82) is 0 Å². The van der Waals surface area contributed by atoms with Crippen molar-refractivity contribution < 1.29 is 4.79 Å². The molecule has 0 aliphatic carbocycles. The van der Waals surface area contributed by atoms with Crippen LogP contribution in [0.1, 0.15) is 45.6 Å². The highest BCUT2D eigenvalue weighted by molar-refractivity contribution is 5.76. The Morgan fingerprint density at radius 2 is 1.71 bits per heavy atom. The van der Waals surface area contributed by atoms with Crippen molar-refractivity contribution in [3.8, 4) is 0 Å². The Labute approximate surface area is 129 Å². The lowest BCUT2D eigenvalue weighted by Gasteiger charge is -2.22. The molecule has 1 unspecified atom stereocenters. The summed E-state index contributed by atoms with van der Waals surface area (Å²) in [6.07, 6.45) is 0.548. The second-order valence-electron chi connectivity index (χ2n) is 6.41. The summed E-state index contributed by atoms with van der Waals surface area (Å²) in [6, 6.07) is 10.6. The van der Waals surface area contributed by atoms with Crippen molar-refractivity contribution in [1.82, 2.24) is 10.6 Å². The molecule has 3 nitrogen and oxygen atoms in total. The predicted molar refractivity (Wildman–Crippen MR) is 89.4 cm³/mol. The predicted octanol–water partition coefficient (Wildman–Crippen LogP) is 3.18. The molecule has 21 heavy (non-hydrogen) atoms. The molecule has 1 aromatic carbocycles. The summed E-state index contributed by atoms with van der Waals surface area (Å²) < 4.78 is 0. The van der Waals surface area contributed by atoms with Crippen molar-refractivity contribution >= 4 is 5.91 Å². The number of carbonyl (C=O) groups is 1. The fraction of sp³-hybridized carbons (Fsp3) is 0.611. The Kier molecular flexibility index (Phi) is 8.06. The van der Waals surface area contributed by atoms with Crippen LogP contribution in [0.15, 0.2) is 30.3 Å². The van der Waals surface area contributed by atoms with E-state index in [9.17, 15) is 4.79 Å². The van der Waals surface area contributed by atoms with Crippen LogP contribution in [-0.2, 0) is 4.79 Å². The summed E-state index contributed by atoms with van der Waals surface area (Å²) in [5.74, 6) is 1.71. The molecule has 0 aromatic heterocycles. The van der Waals surface area contributed by atoms with Gasteiger partial charge < -0.3 is 10.6 Å². The van der Waals surface area contributed by atoms with Gasteiger partial charge in [-0.05, 0) is 23.3 Å². The molecule has 1 rings (SSSR count). The van der Waals surface area contributed by atoms with E-state index >= 15 is 0 Å². The summed E-state index contributed by atoms with van der Waals surface area (Å²) in [4.78, 5) is 11.6. The van der Waals surface area contributed by atoms with E-state index in [1.165, 1.54) is 5.56 Å². The van der Waals surface area contributed by atoms with Crippen LogP contribution < -0.4 is 10.6 Å². The Hall–Kier alpha value is -1.35. The molecule has 0 bridgehead atoms. The highest BCUT2D eigenvalue weighted by atomic mass is 16.1. The molecule has 3 heteroatoms. The van der Waals surface area contributed by atoms with Crippen LogP contribution in [0.4, 0.5) is 0 Å². The summed E-state index contributed by atoms with van der Waals surface area (Å²) in [5, 5.41) is 6.37. The van der Waals surface area contributed by atoms with Crippen LogP contribution in [0.2, 0.25) is 0 Å². The number of hydrogen-bond donors (Lipinski definition) is 2. The summed E-state index contributed by atoms with van der Waals surface area (Å²) in [6.45, 7) is 11.1. The number of benzene rings is 1. The van der Waals surface area contributed by atoms with E-state index in [0.29, 0.717) is 24.2 Å². The molecule has 118 valence electrons. The minimum Gasteiger partial charge on any atom is -0.356 e. The SMILES string of the molecule is CC(C)CNC(=O)CCNCC(c1ccccc1)C(C)C. The third-order valence-electron chi connectivity index (χ3n) is 3.63. The average molecular weight is 290 g/mol. The minimum absolute atomic E-state index is 0.136. The molecule has 1 amide bonds. The molecule has 0 fully saturated rings. The molecule has 0 aliphatic rings. The number of hydrogen-bond acceptors (Lipinski definition) is 2. The van der Waals surface area contributed by atoms with E-state index in [1.54, 1.807) is 0 Å². The van der Waals surface area contributed by atoms with Crippen LogP contribution >= 0.6 is 0 Å². The van der Waals surface area contributed by atoms with Crippen molar-refractivity contribution in [2.75, 3.05) is 19.6 Å². The lowest BCUT2D eigenvalue weighted by molar-refractivity contribution is -0.121. The Morgan fingerprint density at radius 3 is 2.29 bits per heavy atom. The maximum Gasteiger partial charge on any atom is 0.221 e. The Bertz CT molecular complexity index is 401. The van der Waals surface area contributed by atoms with Gasteiger partial charge in [-0.15, -0.1) is 0 Å². The fourth-order valence-corrected chi connectivity index (χ4v) is 2.30. The van der Waals surface area contributed by atoms with Gasteiger partial charge in [-0.3, -0.25) is 4.79 Å². The lowest BCUT2D eigenvalue weighted by atomic mass is 9.88.